The van der Waals surface area contributed by atoms with E-state index in [1.165, 1.54) is 0 Å². The molecular formula is C30H38F3N7O2. The van der Waals surface area contributed by atoms with Gasteiger partial charge in [0.05, 0.1) is 5.92 Å². The minimum absolute atomic E-state index is 0.00448. The normalized spacial score (nSPS) is 26.2. The van der Waals surface area contributed by atoms with Crippen molar-refractivity contribution in [3.8, 4) is 0 Å². The summed E-state index contributed by atoms with van der Waals surface area (Å²) in [4.78, 5) is 38.3. The summed E-state index contributed by atoms with van der Waals surface area (Å²) in [6.45, 7) is 1.90. The number of piperidine rings is 1. The van der Waals surface area contributed by atoms with E-state index >= 15 is 0 Å². The van der Waals surface area contributed by atoms with Crippen LogP contribution in [0.1, 0.15) is 60.9 Å². The van der Waals surface area contributed by atoms with Crippen LogP contribution in [0.25, 0.3) is 0 Å². The molecule has 3 saturated carbocycles. The number of nitrogens with zero attached hydrogens (tertiary/aromatic N) is 4. The van der Waals surface area contributed by atoms with Crippen molar-refractivity contribution in [1.82, 2.24) is 25.1 Å². The predicted molar refractivity (Wildman–Crippen MR) is 152 cm³/mol. The van der Waals surface area contributed by atoms with Crippen LogP contribution in [0.15, 0.2) is 30.5 Å². The topological polar surface area (TPSA) is 102 Å². The highest BCUT2D eigenvalue weighted by Crippen LogP contribution is 2.50. The van der Waals surface area contributed by atoms with Crippen molar-refractivity contribution in [2.75, 3.05) is 37.8 Å². The van der Waals surface area contributed by atoms with Crippen LogP contribution in [0.5, 0.6) is 0 Å². The molecule has 42 heavy (non-hydrogen) atoms. The first-order chi connectivity index (χ1) is 20.1. The fourth-order valence-corrected chi connectivity index (χ4v) is 6.90. The van der Waals surface area contributed by atoms with E-state index in [4.69, 9.17) is 0 Å². The molecule has 2 aromatic rings. The van der Waals surface area contributed by atoms with Crippen molar-refractivity contribution in [2.24, 2.45) is 17.8 Å². The standard InChI is InChI=1S/C30H38F3N7O2/c1-39-13-11-22(12-14-39)40(2)28(42)17-5-7-21(8-6-17)36-29-34-16-23(30(31,32)33)26(38-29)37-25-19-4-3-18(15-19)24(25)27(41)35-20-9-10-20/h5-8,16,18-20,22,24-25H,3-4,9-15H2,1-2H3,(H,35,41)(H2,34,36,37,38)/t18-,19+,24-,25+/m1/s1. The SMILES string of the molecule is CN1CCC(N(C)C(=O)c2ccc(Nc3ncc(C(F)(F)F)c(N[C@H]4[C@H]5CC[C@H](C5)[C@H]4C(=O)NC4CC4)n3)cc2)CC1. The van der Waals surface area contributed by atoms with Gasteiger partial charge in [-0.3, -0.25) is 9.59 Å². The molecule has 1 saturated heterocycles. The Labute approximate surface area is 243 Å². The Bertz CT molecular complexity index is 1310. The summed E-state index contributed by atoms with van der Waals surface area (Å²) in [7, 11) is 3.90. The maximum absolute atomic E-state index is 14.0. The molecule has 1 aliphatic heterocycles. The van der Waals surface area contributed by atoms with Gasteiger partial charge in [0.1, 0.15) is 11.4 Å². The summed E-state index contributed by atoms with van der Waals surface area (Å²) >= 11 is 0. The predicted octanol–water partition coefficient (Wildman–Crippen LogP) is 4.51. The fraction of sp³-hybridized carbons (Fsp3) is 0.600. The van der Waals surface area contributed by atoms with Gasteiger partial charge in [-0.05, 0) is 101 Å². The van der Waals surface area contributed by atoms with Crippen LogP contribution in [0.4, 0.5) is 30.6 Å². The Hall–Kier alpha value is -3.41. The lowest BCUT2D eigenvalue weighted by atomic mass is 9.83. The third-order valence-corrected chi connectivity index (χ3v) is 9.48. The Kier molecular flexibility index (Phi) is 7.75. The van der Waals surface area contributed by atoms with Crippen LogP contribution in [0.3, 0.4) is 0 Å². The number of alkyl halides is 3. The molecule has 4 aliphatic rings. The first-order valence-corrected chi connectivity index (χ1v) is 14.9. The fourth-order valence-electron chi connectivity index (χ4n) is 6.90. The van der Waals surface area contributed by atoms with Crippen LogP contribution >= 0.6 is 0 Å². The molecule has 0 unspecified atom stereocenters. The highest BCUT2D eigenvalue weighted by molar-refractivity contribution is 5.94. The van der Waals surface area contributed by atoms with E-state index in [-0.39, 0.29) is 53.4 Å². The number of amides is 2. The monoisotopic (exact) mass is 585 g/mol. The zero-order valence-electron chi connectivity index (χ0n) is 24.0. The lowest BCUT2D eigenvalue weighted by Gasteiger charge is -2.35. The first kappa shape index (κ1) is 28.7. The number of carbonyl (C=O) groups excluding carboxylic acids is 2. The number of rotatable bonds is 8. The van der Waals surface area contributed by atoms with E-state index in [2.05, 4.69) is 37.9 Å². The molecule has 3 aliphatic carbocycles. The lowest BCUT2D eigenvalue weighted by Crippen LogP contribution is -2.45. The molecular weight excluding hydrogens is 547 g/mol. The average molecular weight is 586 g/mol. The van der Waals surface area contributed by atoms with E-state index in [0.29, 0.717) is 11.3 Å². The number of hydrogen-bond donors (Lipinski definition) is 3. The Morgan fingerprint density at radius 3 is 2.36 bits per heavy atom. The quantitative estimate of drug-likeness (QED) is 0.419. The second-order valence-electron chi connectivity index (χ2n) is 12.4. The number of nitrogens with one attached hydrogen (secondary N) is 3. The van der Waals surface area contributed by atoms with E-state index in [9.17, 15) is 22.8 Å². The second kappa shape index (κ2) is 11.3. The number of aromatic nitrogens is 2. The minimum Gasteiger partial charge on any atom is -0.366 e. The van der Waals surface area contributed by atoms with Crippen molar-refractivity contribution in [3.05, 3.63) is 41.6 Å². The van der Waals surface area contributed by atoms with Gasteiger partial charge in [-0.1, -0.05) is 0 Å². The molecule has 1 aromatic carbocycles. The Balaban J connectivity index is 1.17. The van der Waals surface area contributed by atoms with Gasteiger partial charge >= 0.3 is 6.18 Å². The number of carbonyl (C=O) groups is 2. The van der Waals surface area contributed by atoms with E-state index in [0.717, 1.165) is 64.2 Å². The molecule has 4 atom stereocenters. The first-order valence-electron chi connectivity index (χ1n) is 14.9. The molecule has 2 bridgehead atoms. The summed E-state index contributed by atoms with van der Waals surface area (Å²) in [5, 5.41) is 9.07. The number of anilines is 3. The van der Waals surface area contributed by atoms with Gasteiger partial charge in [-0.25, -0.2) is 4.98 Å². The molecule has 12 heteroatoms. The van der Waals surface area contributed by atoms with Crippen LogP contribution in [0.2, 0.25) is 0 Å². The number of halogens is 3. The Morgan fingerprint density at radius 1 is 1.00 bits per heavy atom. The van der Waals surface area contributed by atoms with E-state index in [1.807, 2.05) is 7.05 Å². The van der Waals surface area contributed by atoms with Crippen molar-refractivity contribution in [1.29, 1.82) is 0 Å². The van der Waals surface area contributed by atoms with Crippen LogP contribution in [-0.2, 0) is 11.0 Å². The molecule has 226 valence electrons. The van der Waals surface area contributed by atoms with Gasteiger partial charge in [0.15, 0.2) is 0 Å². The van der Waals surface area contributed by atoms with Crippen molar-refractivity contribution in [2.45, 2.75) is 69.2 Å². The highest BCUT2D eigenvalue weighted by atomic mass is 19.4. The summed E-state index contributed by atoms with van der Waals surface area (Å²) in [6.07, 6.45) is 2.50. The molecule has 2 amide bonds. The maximum Gasteiger partial charge on any atom is 0.421 e. The van der Waals surface area contributed by atoms with E-state index < -0.39 is 17.8 Å². The smallest absolute Gasteiger partial charge is 0.366 e. The molecule has 0 radical (unpaired) electrons. The van der Waals surface area contributed by atoms with Crippen molar-refractivity contribution in [3.63, 3.8) is 0 Å². The Morgan fingerprint density at radius 2 is 1.69 bits per heavy atom. The molecule has 6 rings (SSSR count). The molecule has 0 spiro atoms. The van der Waals surface area contributed by atoms with E-state index in [1.54, 1.807) is 29.2 Å². The highest BCUT2D eigenvalue weighted by Gasteiger charge is 2.52. The van der Waals surface area contributed by atoms with Gasteiger partial charge in [0.2, 0.25) is 11.9 Å². The third kappa shape index (κ3) is 6.04. The summed E-state index contributed by atoms with van der Waals surface area (Å²) in [5.41, 5.74) is 0.111. The maximum atomic E-state index is 14.0. The van der Waals surface area contributed by atoms with Gasteiger partial charge in [-0.2, -0.15) is 18.2 Å². The number of hydrogen-bond acceptors (Lipinski definition) is 7. The summed E-state index contributed by atoms with van der Waals surface area (Å²) in [6, 6.07) is 6.73. The molecule has 4 fully saturated rings. The number of likely N-dealkylation sites (tertiary alicyclic amines) is 1. The second-order valence-corrected chi connectivity index (χ2v) is 12.4. The molecule has 1 aromatic heterocycles. The molecule has 9 nitrogen and oxygen atoms in total. The number of benzene rings is 1. The summed E-state index contributed by atoms with van der Waals surface area (Å²) < 4.78 is 42.0. The zero-order chi connectivity index (χ0) is 29.6. The summed E-state index contributed by atoms with van der Waals surface area (Å²) in [5.74, 6) is -0.563. The van der Waals surface area contributed by atoms with Crippen LogP contribution in [0, 0.1) is 17.8 Å². The lowest BCUT2D eigenvalue weighted by molar-refractivity contribution is -0.137. The third-order valence-electron chi connectivity index (χ3n) is 9.48. The van der Waals surface area contributed by atoms with Crippen molar-refractivity contribution < 1.29 is 22.8 Å². The van der Waals surface area contributed by atoms with Gasteiger partial charge < -0.3 is 25.8 Å². The van der Waals surface area contributed by atoms with Crippen LogP contribution < -0.4 is 16.0 Å². The number of fused-ring (bicyclic) bond motifs is 2. The van der Waals surface area contributed by atoms with Crippen LogP contribution in [-0.4, -0.2) is 76.9 Å². The minimum atomic E-state index is -4.66. The van der Waals surface area contributed by atoms with Gasteiger partial charge in [0.25, 0.3) is 5.91 Å². The zero-order valence-corrected chi connectivity index (χ0v) is 24.0. The average Bonchev–Trinajstić information content (AvgIpc) is 3.54. The molecule has 3 N–H and O–H groups in total. The van der Waals surface area contributed by atoms with Crippen molar-refractivity contribution >= 4 is 29.3 Å². The largest absolute Gasteiger partial charge is 0.421 e. The molecule has 2 heterocycles. The van der Waals surface area contributed by atoms with Gasteiger partial charge in [-0.15, -0.1) is 0 Å². The van der Waals surface area contributed by atoms with Gasteiger partial charge in [0, 0.05) is 42.6 Å².